The zero-order chi connectivity index (χ0) is 18.1. The summed E-state index contributed by atoms with van der Waals surface area (Å²) in [5.74, 6) is 1.76. The second-order valence-electron chi connectivity index (χ2n) is 8.34. The van der Waals surface area contributed by atoms with Crippen molar-refractivity contribution >= 4 is 5.70 Å². The molecule has 0 bridgehead atoms. The second-order valence-corrected chi connectivity index (χ2v) is 8.34. The summed E-state index contributed by atoms with van der Waals surface area (Å²) in [4.78, 5) is 5.84. The van der Waals surface area contributed by atoms with Crippen molar-refractivity contribution in [2.24, 2.45) is 0 Å². The molecule has 0 aromatic heterocycles. The average molecular weight is 371 g/mol. The maximum atomic E-state index is 6.39. The third-order valence-electron chi connectivity index (χ3n) is 6.23. The summed E-state index contributed by atoms with van der Waals surface area (Å²) in [6.07, 6.45) is 13.3. The van der Waals surface area contributed by atoms with Crippen LogP contribution in [0.2, 0.25) is 0 Å². The monoisotopic (exact) mass is 371 g/mol. The van der Waals surface area contributed by atoms with Crippen molar-refractivity contribution in [3.63, 3.8) is 0 Å². The van der Waals surface area contributed by atoms with E-state index >= 15 is 0 Å². The van der Waals surface area contributed by atoms with Crippen molar-refractivity contribution < 1.29 is 19.0 Å². The molecule has 4 aliphatic rings. The maximum absolute atomic E-state index is 6.39. The van der Waals surface area contributed by atoms with Gasteiger partial charge in [0, 0.05) is 18.6 Å². The van der Waals surface area contributed by atoms with E-state index in [0.717, 1.165) is 61.5 Å². The molecule has 5 nitrogen and oxygen atoms in total. The van der Waals surface area contributed by atoms with Crippen LogP contribution in [0.15, 0.2) is 24.3 Å². The largest absolute Gasteiger partial charge is 0.487 e. The van der Waals surface area contributed by atoms with Gasteiger partial charge in [-0.1, -0.05) is 0 Å². The Bertz CT molecular complexity index is 698. The van der Waals surface area contributed by atoms with E-state index in [-0.39, 0.29) is 5.60 Å². The van der Waals surface area contributed by atoms with Crippen LogP contribution in [-0.4, -0.2) is 31.0 Å². The number of hydrogen-bond donors (Lipinski definition) is 1. The molecular weight excluding hydrogens is 342 g/mol. The van der Waals surface area contributed by atoms with Crippen LogP contribution in [0.25, 0.3) is 5.70 Å². The van der Waals surface area contributed by atoms with Crippen LogP contribution in [0.1, 0.15) is 63.4 Å². The number of hydroxylamine groups is 1. The predicted molar refractivity (Wildman–Crippen MR) is 103 cm³/mol. The van der Waals surface area contributed by atoms with Crippen LogP contribution in [-0.2, 0) is 9.57 Å². The molecule has 146 valence electrons. The van der Waals surface area contributed by atoms with Crippen molar-refractivity contribution in [3.05, 3.63) is 29.8 Å². The molecule has 1 aromatic carbocycles. The van der Waals surface area contributed by atoms with Gasteiger partial charge in [0.05, 0.1) is 24.5 Å². The molecule has 1 N–H and O–H groups in total. The number of ether oxygens (including phenoxy) is 3. The zero-order valence-electron chi connectivity index (χ0n) is 15.9. The molecular formula is C22H29NO4. The van der Waals surface area contributed by atoms with Crippen molar-refractivity contribution in [2.75, 3.05) is 13.2 Å². The molecule has 1 aromatic rings. The van der Waals surface area contributed by atoms with Crippen molar-refractivity contribution in [1.29, 1.82) is 0 Å². The van der Waals surface area contributed by atoms with Gasteiger partial charge in [0.1, 0.15) is 5.60 Å². The highest BCUT2D eigenvalue weighted by atomic mass is 16.7. The summed E-state index contributed by atoms with van der Waals surface area (Å²) >= 11 is 0. The minimum absolute atomic E-state index is 0.308. The Kier molecular flexibility index (Phi) is 4.74. The molecule has 5 heteroatoms. The Morgan fingerprint density at radius 1 is 0.926 bits per heavy atom. The topological polar surface area (TPSA) is 49.0 Å². The van der Waals surface area contributed by atoms with Crippen molar-refractivity contribution in [1.82, 2.24) is 5.48 Å². The van der Waals surface area contributed by atoms with Gasteiger partial charge in [-0.3, -0.25) is 10.3 Å². The van der Waals surface area contributed by atoms with E-state index in [0.29, 0.717) is 18.8 Å². The van der Waals surface area contributed by atoms with Gasteiger partial charge in [0.25, 0.3) is 0 Å². The number of hydrogen-bond acceptors (Lipinski definition) is 5. The predicted octanol–water partition coefficient (Wildman–Crippen LogP) is 4.36. The van der Waals surface area contributed by atoms with Crippen LogP contribution >= 0.6 is 0 Å². The van der Waals surface area contributed by atoms with E-state index in [1.165, 1.54) is 25.7 Å². The summed E-state index contributed by atoms with van der Waals surface area (Å²) in [6.45, 7) is 1.35. The first kappa shape index (κ1) is 17.4. The zero-order valence-corrected chi connectivity index (χ0v) is 15.9. The van der Waals surface area contributed by atoms with Crippen LogP contribution in [0.3, 0.4) is 0 Å². The van der Waals surface area contributed by atoms with E-state index in [1.807, 2.05) is 0 Å². The Hall–Kier alpha value is -1.72. The fraction of sp³-hybridized carbons (Fsp3) is 0.636. The van der Waals surface area contributed by atoms with Crippen molar-refractivity contribution in [2.45, 2.75) is 75.6 Å². The van der Waals surface area contributed by atoms with Gasteiger partial charge in [-0.2, -0.15) is 0 Å². The first-order valence-electron chi connectivity index (χ1n) is 10.5. The quantitative estimate of drug-likeness (QED) is 0.833. The molecule has 27 heavy (non-hydrogen) atoms. The van der Waals surface area contributed by atoms with E-state index in [4.69, 9.17) is 19.0 Å². The molecule has 2 aliphatic carbocycles. The Labute approximate surface area is 161 Å². The van der Waals surface area contributed by atoms with Gasteiger partial charge >= 0.3 is 0 Å². The van der Waals surface area contributed by atoms with Crippen LogP contribution < -0.4 is 15.0 Å². The first-order valence-corrected chi connectivity index (χ1v) is 10.5. The molecule has 3 fully saturated rings. The highest BCUT2D eigenvalue weighted by Crippen LogP contribution is 2.38. The maximum Gasteiger partial charge on any atom is 0.162 e. The van der Waals surface area contributed by atoms with E-state index in [1.54, 1.807) is 0 Å². The molecule has 0 amide bonds. The fourth-order valence-electron chi connectivity index (χ4n) is 4.61. The summed E-state index contributed by atoms with van der Waals surface area (Å²) in [5.41, 5.74) is 4.85. The molecule has 1 atom stereocenters. The summed E-state index contributed by atoms with van der Waals surface area (Å²) in [5, 5.41) is 0. The molecule has 2 aliphatic heterocycles. The standard InChI is InChI=1S/C22H29NO4/c1-2-6-17(5-1)25-20-10-9-16(13-21(20)26-18-7-3-4-8-18)19-14-22(27-23-19)11-12-24-15-22/h9-10,13-14,17-18,23H,1-8,11-12,15H2. The van der Waals surface area contributed by atoms with Gasteiger partial charge in [-0.15, -0.1) is 0 Å². The second kappa shape index (κ2) is 7.36. The molecule has 0 radical (unpaired) electrons. The van der Waals surface area contributed by atoms with E-state index in [9.17, 15) is 0 Å². The lowest BCUT2D eigenvalue weighted by atomic mass is 10.0. The first-order chi connectivity index (χ1) is 13.3. The van der Waals surface area contributed by atoms with Gasteiger partial charge in [-0.05, 0) is 75.6 Å². The minimum Gasteiger partial charge on any atom is -0.487 e. The average Bonchev–Trinajstić information content (AvgIpc) is 3.47. The van der Waals surface area contributed by atoms with Gasteiger partial charge in [-0.25, -0.2) is 0 Å². The van der Waals surface area contributed by atoms with Gasteiger partial charge in [0.2, 0.25) is 0 Å². The third-order valence-corrected chi connectivity index (χ3v) is 6.23. The SMILES string of the molecule is C1=C(c2ccc(OC3CCCC3)c(OC3CCCC3)c2)NOC12CCOC2. The number of nitrogens with one attached hydrogen (secondary N) is 1. The summed E-state index contributed by atoms with van der Waals surface area (Å²) in [6, 6.07) is 6.28. The fourth-order valence-corrected chi connectivity index (χ4v) is 4.61. The van der Waals surface area contributed by atoms with E-state index < -0.39 is 0 Å². The Balaban J connectivity index is 1.40. The molecule has 2 saturated carbocycles. The molecule has 1 saturated heterocycles. The molecule has 2 heterocycles. The summed E-state index contributed by atoms with van der Waals surface area (Å²) < 4.78 is 18.2. The van der Waals surface area contributed by atoms with Gasteiger partial charge in [0.15, 0.2) is 11.5 Å². The lowest BCUT2D eigenvalue weighted by Gasteiger charge is -2.20. The van der Waals surface area contributed by atoms with Crippen molar-refractivity contribution in [3.8, 4) is 11.5 Å². The lowest BCUT2D eigenvalue weighted by molar-refractivity contribution is -0.0373. The minimum atomic E-state index is -0.319. The highest BCUT2D eigenvalue weighted by Gasteiger charge is 2.39. The lowest BCUT2D eigenvalue weighted by Crippen LogP contribution is -2.29. The smallest absolute Gasteiger partial charge is 0.162 e. The Morgan fingerprint density at radius 3 is 2.30 bits per heavy atom. The normalized spacial score (nSPS) is 28.7. The Morgan fingerprint density at radius 2 is 1.63 bits per heavy atom. The third kappa shape index (κ3) is 3.67. The van der Waals surface area contributed by atoms with Crippen LogP contribution in [0, 0.1) is 0 Å². The molecule has 1 spiro atoms. The van der Waals surface area contributed by atoms with Crippen LogP contribution in [0.5, 0.6) is 11.5 Å². The molecule has 1 unspecified atom stereocenters. The van der Waals surface area contributed by atoms with Crippen LogP contribution in [0.4, 0.5) is 0 Å². The summed E-state index contributed by atoms with van der Waals surface area (Å²) in [7, 11) is 0. The van der Waals surface area contributed by atoms with Gasteiger partial charge < -0.3 is 14.2 Å². The van der Waals surface area contributed by atoms with E-state index in [2.05, 4.69) is 29.8 Å². The highest BCUT2D eigenvalue weighted by molar-refractivity contribution is 5.68. The molecule has 5 rings (SSSR count). The number of benzene rings is 1. The number of rotatable bonds is 5.